The van der Waals surface area contributed by atoms with Crippen LogP contribution in [0, 0.1) is 0 Å². The van der Waals surface area contributed by atoms with E-state index in [2.05, 4.69) is 24.3 Å². The third kappa shape index (κ3) is 3.71. The van der Waals surface area contributed by atoms with E-state index in [0.29, 0.717) is 0 Å². The van der Waals surface area contributed by atoms with Crippen molar-refractivity contribution in [3.63, 3.8) is 0 Å². The van der Waals surface area contributed by atoms with Gasteiger partial charge in [-0.15, -0.1) is 0 Å². The van der Waals surface area contributed by atoms with Crippen LogP contribution in [0.1, 0.15) is 36.0 Å². The molecule has 4 heteroatoms. The summed E-state index contributed by atoms with van der Waals surface area (Å²) in [5, 5.41) is 0. The maximum atomic E-state index is 10.9. The summed E-state index contributed by atoms with van der Waals surface area (Å²) in [6.45, 7) is 0. The Kier molecular flexibility index (Phi) is 4.94. The molecule has 2 aromatic carbocycles. The second-order valence-corrected chi connectivity index (χ2v) is 6.63. The van der Waals surface area contributed by atoms with E-state index in [4.69, 9.17) is 9.29 Å². The number of rotatable bonds is 5. The smallest absolute Gasteiger partial charge is 0.157 e. The molecule has 3 rings (SSSR count). The number of methoxy groups -OCH3 is 1. The van der Waals surface area contributed by atoms with Crippen LogP contribution in [0.25, 0.3) is 11.1 Å². The molecule has 0 heterocycles. The normalized spacial score (nSPS) is 15.7. The van der Waals surface area contributed by atoms with Crippen LogP contribution in [0.2, 0.25) is 0 Å². The zero-order chi connectivity index (χ0) is 16.2. The van der Waals surface area contributed by atoms with Gasteiger partial charge < -0.3 is 9.29 Å². The van der Waals surface area contributed by atoms with E-state index >= 15 is 0 Å². The van der Waals surface area contributed by atoms with Crippen molar-refractivity contribution < 1.29 is 13.5 Å². The second-order valence-electron chi connectivity index (χ2n) is 5.70. The fourth-order valence-electron chi connectivity index (χ4n) is 3.12. The Labute approximate surface area is 139 Å². The Morgan fingerprint density at radius 2 is 1.48 bits per heavy atom. The average Bonchev–Trinajstić information content (AvgIpc) is 3.05. The molecule has 0 aliphatic heterocycles. The van der Waals surface area contributed by atoms with Gasteiger partial charge in [-0.3, -0.25) is 0 Å². The van der Waals surface area contributed by atoms with Gasteiger partial charge in [0.15, 0.2) is 11.1 Å². The molecule has 0 saturated carbocycles. The summed E-state index contributed by atoms with van der Waals surface area (Å²) in [5.41, 5.74) is 6.12. The van der Waals surface area contributed by atoms with Crippen molar-refractivity contribution in [1.82, 2.24) is 0 Å². The molecule has 0 fully saturated rings. The molecule has 0 spiro atoms. The molecule has 0 radical (unpaired) electrons. The molecule has 0 saturated heterocycles. The third-order valence-corrected chi connectivity index (χ3v) is 4.83. The molecule has 2 aromatic rings. The molecule has 0 amide bonds. The van der Waals surface area contributed by atoms with Gasteiger partial charge in [0.1, 0.15) is 5.75 Å². The van der Waals surface area contributed by atoms with Crippen molar-refractivity contribution in [2.24, 2.45) is 0 Å². The highest BCUT2D eigenvalue weighted by atomic mass is 32.2. The predicted octanol–water partition coefficient (Wildman–Crippen LogP) is 4.51. The maximum Gasteiger partial charge on any atom is 0.157 e. The Hall–Kier alpha value is -1.91. The minimum Gasteiger partial charge on any atom is -0.497 e. The van der Waals surface area contributed by atoms with Crippen LogP contribution in [0.3, 0.4) is 0 Å². The van der Waals surface area contributed by atoms with Crippen LogP contribution in [0.4, 0.5) is 0 Å². The first-order valence-electron chi connectivity index (χ1n) is 7.70. The van der Waals surface area contributed by atoms with Crippen LogP contribution in [0.5, 0.6) is 5.75 Å². The van der Waals surface area contributed by atoms with Crippen molar-refractivity contribution >= 4 is 22.2 Å². The summed E-state index contributed by atoms with van der Waals surface area (Å²) in [7, 11) is 1.68. The van der Waals surface area contributed by atoms with Gasteiger partial charge in [0.05, 0.1) is 12.9 Å². The Bertz CT molecular complexity index is 730. The molecule has 1 N–H and O–H groups in total. The summed E-state index contributed by atoms with van der Waals surface area (Å²) in [6, 6.07) is 16.2. The van der Waals surface area contributed by atoms with Crippen LogP contribution >= 0.6 is 0 Å². The number of hydrogen-bond acceptors (Lipinski definition) is 2. The van der Waals surface area contributed by atoms with Gasteiger partial charge in [0, 0.05) is 0 Å². The average molecular weight is 328 g/mol. The van der Waals surface area contributed by atoms with Crippen LogP contribution in [-0.2, 0) is 16.8 Å². The summed E-state index contributed by atoms with van der Waals surface area (Å²) < 4.78 is 25.1. The van der Waals surface area contributed by atoms with Crippen molar-refractivity contribution in [3.8, 4) is 5.75 Å². The van der Waals surface area contributed by atoms with E-state index in [1.807, 2.05) is 24.3 Å². The molecule has 1 aliphatic carbocycles. The van der Waals surface area contributed by atoms with Gasteiger partial charge in [-0.25, -0.2) is 4.21 Å². The topological polar surface area (TPSA) is 46.5 Å². The standard InChI is InChI=1S/C19H20O3S/c1-22-17-11-9-16(10-12-17)19-4-2-3-18(19)15-7-5-14(6-8-15)13-23(20)21/h5-12H,2-4,13H2,1H3,(H,20,21). The first kappa shape index (κ1) is 16.0. The Morgan fingerprint density at radius 1 is 0.957 bits per heavy atom. The largest absolute Gasteiger partial charge is 0.497 e. The summed E-state index contributed by atoms with van der Waals surface area (Å²) in [4.78, 5) is 0. The fraction of sp³-hybridized carbons (Fsp3) is 0.263. The van der Waals surface area contributed by atoms with Gasteiger partial charge in [0.2, 0.25) is 0 Å². The fourth-order valence-corrected chi connectivity index (χ4v) is 3.60. The van der Waals surface area contributed by atoms with E-state index in [0.717, 1.165) is 24.2 Å². The Balaban J connectivity index is 1.90. The van der Waals surface area contributed by atoms with Gasteiger partial charge in [-0.1, -0.05) is 36.4 Å². The molecule has 0 bridgehead atoms. The van der Waals surface area contributed by atoms with Crippen LogP contribution < -0.4 is 4.74 Å². The highest BCUT2D eigenvalue weighted by Gasteiger charge is 2.17. The molecule has 3 nitrogen and oxygen atoms in total. The zero-order valence-corrected chi connectivity index (χ0v) is 13.9. The zero-order valence-electron chi connectivity index (χ0n) is 13.1. The predicted molar refractivity (Wildman–Crippen MR) is 94.6 cm³/mol. The lowest BCUT2D eigenvalue weighted by atomic mass is 9.96. The maximum absolute atomic E-state index is 10.9. The molecule has 0 aromatic heterocycles. The monoisotopic (exact) mass is 328 g/mol. The van der Waals surface area contributed by atoms with Crippen molar-refractivity contribution in [2.75, 3.05) is 7.11 Å². The van der Waals surface area contributed by atoms with E-state index < -0.39 is 11.1 Å². The van der Waals surface area contributed by atoms with Crippen molar-refractivity contribution in [3.05, 3.63) is 65.2 Å². The minimum atomic E-state index is -1.79. The van der Waals surface area contributed by atoms with Gasteiger partial charge in [0.25, 0.3) is 0 Å². The second kappa shape index (κ2) is 7.11. The molecular weight excluding hydrogens is 308 g/mol. The minimum absolute atomic E-state index is 0.185. The highest BCUT2D eigenvalue weighted by Crippen LogP contribution is 2.40. The lowest BCUT2D eigenvalue weighted by Crippen LogP contribution is -1.93. The summed E-state index contributed by atoms with van der Waals surface area (Å²) in [6.07, 6.45) is 3.33. The Morgan fingerprint density at radius 3 is 1.96 bits per heavy atom. The number of benzene rings is 2. The van der Waals surface area contributed by atoms with Gasteiger partial charge in [-0.05, 0) is 59.2 Å². The van der Waals surface area contributed by atoms with E-state index in [1.54, 1.807) is 7.11 Å². The van der Waals surface area contributed by atoms with Gasteiger partial charge >= 0.3 is 0 Å². The quantitative estimate of drug-likeness (QED) is 0.821. The number of hydrogen-bond donors (Lipinski definition) is 1. The van der Waals surface area contributed by atoms with Crippen molar-refractivity contribution in [2.45, 2.75) is 25.0 Å². The first-order chi connectivity index (χ1) is 11.2. The third-order valence-electron chi connectivity index (χ3n) is 4.25. The summed E-state index contributed by atoms with van der Waals surface area (Å²) >= 11 is -1.79. The molecule has 23 heavy (non-hydrogen) atoms. The summed E-state index contributed by atoms with van der Waals surface area (Å²) in [5.74, 6) is 1.06. The lowest BCUT2D eigenvalue weighted by Gasteiger charge is -2.10. The van der Waals surface area contributed by atoms with E-state index in [1.165, 1.54) is 28.7 Å². The van der Waals surface area contributed by atoms with E-state index in [-0.39, 0.29) is 5.75 Å². The first-order valence-corrected chi connectivity index (χ1v) is 8.98. The van der Waals surface area contributed by atoms with E-state index in [9.17, 15) is 4.21 Å². The SMILES string of the molecule is COc1ccc(C2=C(c3ccc(CS(=O)O)cc3)CCC2)cc1. The highest BCUT2D eigenvalue weighted by molar-refractivity contribution is 7.78. The van der Waals surface area contributed by atoms with Crippen molar-refractivity contribution in [1.29, 1.82) is 0 Å². The lowest BCUT2D eigenvalue weighted by molar-refractivity contribution is 0.415. The number of ether oxygens (including phenoxy) is 1. The van der Waals surface area contributed by atoms with Crippen LogP contribution in [0.15, 0.2) is 48.5 Å². The molecular formula is C19H20O3S. The van der Waals surface area contributed by atoms with Gasteiger partial charge in [-0.2, -0.15) is 0 Å². The molecule has 120 valence electrons. The molecule has 1 aliphatic rings. The van der Waals surface area contributed by atoms with Crippen LogP contribution in [-0.4, -0.2) is 15.9 Å². The number of allylic oxidation sites excluding steroid dienone is 2. The molecule has 1 unspecified atom stereocenters. The molecule has 1 atom stereocenters.